The van der Waals surface area contributed by atoms with Crippen molar-refractivity contribution in [3.63, 3.8) is 0 Å². The van der Waals surface area contributed by atoms with Gasteiger partial charge in [0.05, 0.1) is 0 Å². The average molecular weight is 203 g/mol. The minimum atomic E-state index is 0.713. The summed E-state index contributed by atoms with van der Waals surface area (Å²) in [5.74, 6) is 0. The Morgan fingerprint density at radius 2 is 2.58 bits per heavy atom. The molecule has 68 valence electrons. The summed E-state index contributed by atoms with van der Waals surface area (Å²) in [6.45, 7) is 3.21. The van der Waals surface area contributed by atoms with Crippen molar-refractivity contribution in [2.24, 2.45) is 0 Å². The maximum atomic E-state index is 4.03. The summed E-state index contributed by atoms with van der Waals surface area (Å²) < 4.78 is 3.90. The summed E-state index contributed by atoms with van der Waals surface area (Å²) in [6.07, 6.45) is 4.88. The molecule has 1 aromatic heterocycles. The number of nitrogens with zero attached hydrogens (tertiary/aromatic N) is 2. The van der Waals surface area contributed by atoms with E-state index in [1.54, 1.807) is 6.33 Å². The Morgan fingerprint density at radius 1 is 1.75 bits per heavy atom. The molecule has 1 N–H and O–H groups in total. The molecule has 0 fully saturated rings. The van der Waals surface area contributed by atoms with Crippen LogP contribution in [0.25, 0.3) is 0 Å². The van der Waals surface area contributed by atoms with Crippen molar-refractivity contribution in [2.75, 3.05) is 18.1 Å². The van der Waals surface area contributed by atoms with Gasteiger partial charge in [-0.2, -0.15) is 16.1 Å². The second kappa shape index (κ2) is 5.37. The van der Waals surface area contributed by atoms with Gasteiger partial charge in [-0.3, -0.25) is 0 Å². The average Bonchev–Trinajstić information content (AvgIpc) is 2.57. The first-order chi connectivity index (χ1) is 5.83. The number of aromatic nitrogens is 2. The molecule has 0 radical (unpaired) electrons. The fourth-order valence-electron chi connectivity index (χ4n) is 0.751. The Labute approximate surface area is 81.1 Å². The Kier molecular flexibility index (Phi) is 4.39. The third-order valence-corrected chi connectivity index (χ3v) is 3.25. The highest BCUT2D eigenvalue weighted by molar-refractivity contribution is 7.99. The third kappa shape index (κ3) is 3.40. The van der Waals surface area contributed by atoms with E-state index in [9.17, 15) is 0 Å². The molecule has 12 heavy (non-hydrogen) atoms. The largest absolute Gasteiger partial charge is 0.360 e. The number of hydrogen-bond acceptors (Lipinski definition) is 5. The summed E-state index contributed by atoms with van der Waals surface area (Å²) in [5.41, 5.74) is 0. The number of rotatable bonds is 5. The quantitative estimate of drug-likeness (QED) is 0.795. The first kappa shape index (κ1) is 9.80. The highest BCUT2D eigenvalue weighted by atomic mass is 32.2. The Balaban J connectivity index is 2.11. The van der Waals surface area contributed by atoms with Crippen LogP contribution in [-0.2, 0) is 0 Å². The van der Waals surface area contributed by atoms with Gasteiger partial charge in [0, 0.05) is 23.3 Å². The first-order valence-electron chi connectivity index (χ1n) is 3.86. The Bertz CT molecular complexity index is 200. The second-order valence-electron chi connectivity index (χ2n) is 2.51. The zero-order valence-corrected chi connectivity index (χ0v) is 8.91. The molecule has 0 aliphatic carbocycles. The van der Waals surface area contributed by atoms with Crippen molar-refractivity contribution in [1.82, 2.24) is 9.36 Å². The van der Waals surface area contributed by atoms with Gasteiger partial charge < -0.3 is 5.32 Å². The number of anilines is 1. The van der Waals surface area contributed by atoms with Crippen molar-refractivity contribution < 1.29 is 0 Å². The van der Waals surface area contributed by atoms with Crippen molar-refractivity contribution >= 4 is 28.4 Å². The van der Waals surface area contributed by atoms with Crippen LogP contribution in [0.3, 0.4) is 0 Å². The van der Waals surface area contributed by atoms with Crippen LogP contribution >= 0.6 is 23.3 Å². The van der Waals surface area contributed by atoms with Crippen LogP contribution in [0, 0.1) is 0 Å². The van der Waals surface area contributed by atoms with Gasteiger partial charge in [-0.05, 0) is 12.7 Å². The van der Waals surface area contributed by atoms with Gasteiger partial charge in [0.25, 0.3) is 0 Å². The predicted molar refractivity (Wildman–Crippen MR) is 56.0 cm³/mol. The zero-order chi connectivity index (χ0) is 8.81. The first-order valence-corrected chi connectivity index (χ1v) is 5.92. The van der Waals surface area contributed by atoms with Gasteiger partial charge in [-0.25, -0.2) is 4.98 Å². The predicted octanol–water partition coefficient (Wildman–Crippen LogP) is 2.09. The molecule has 0 aromatic carbocycles. The smallest absolute Gasteiger partial charge is 0.202 e. The summed E-state index contributed by atoms with van der Waals surface area (Å²) in [5, 5.41) is 4.85. The lowest BCUT2D eigenvalue weighted by atomic mass is 10.3. The molecule has 3 nitrogen and oxygen atoms in total. The molecule has 1 heterocycles. The molecule has 1 aromatic rings. The summed E-state index contributed by atoms with van der Waals surface area (Å²) in [4.78, 5) is 4.03. The maximum absolute atomic E-state index is 4.03. The van der Waals surface area contributed by atoms with E-state index in [2.05, 4.69) is 27.9 Å². The standard InChI is InChI=1S/C7H13N3S2/c1-6(11-2)3-4-8-7-9-5-10-12-7/h5-6H,3-4H2,1-2H3,(H,8,9,10). The molecule has 0 amide bonds. The highest BCUT2D eigenvalue weighted by Gasteiger charge is 1.99. The molecule has 0 bridgehead atoms. The van der Waals surface area contributed by atoms with Gasteiger partial charge in [-0.1, -0.05) is 6.92 Å². The van der Waals surface area contributed by atoms with Crippen LogP contribution in [0.2, 0.25) is 0 Å². The summed E-state index contributed by atoms with van der Waals surface area (Å²) in [7, 11) is 0. The van der Waals surface area contributed by atoms with E-state index in [4.69, 9.17) is 0 Å². The van der Waals surface area contributed by atoms with E-state index in [0.717, 1.165) is 11.7 Å². The van der Waals surface area contributed by atoms with E-state index in [-0.39, 0.29) is 0 Å². The van der Waals surface area contributed by atoms with E-state index in [0.29, 0.717) is 5.25 Å². The zero-order valence-electron chi connectivity index (χ0n) is 7.28. The molecule has 0 saturated heterocycles. The molecule has 1 unspecified atom stereocenters. The lowest BCUT2D eigenvalue weighted by Crippen LogP contribution is -2.07. The number of hydrogen-bond donors (Lipinski definition) is 1. The lowest BCUT2D eigenvalue weighted by molar-refractivity contribution is 0.852. The molecule has 0 aliphatic heterocycles. The molecule has 0 saturated carbocycles. The Morgan fingerprint density at radius 3 is 3.17 bits per heavy atom. The maximum Gasteiger partial charge on any atom is 0.202 e. The topological polar surface area (TPSA) is 37.8 Å². The fourth-order valence-corrected chi connectivity index (χ4v) is 1.56. The molecule has 0 aliphatic rings. The van der Waals surface area contributed by atoms with Crippen LogP contribution in [0.1, 0.15) is 13.3 Å². The second-order valence-corrected chi connectivity index (χ2v) is 4.56. The lowest BCUT2D eigenvalue weighted by Gasteiger charge is -2.07. The van der Waals surface area contributed by atoms with E-state index in [1.807, 2.05) is 11.8 Å². The fraction of sp³-hybridized carbons (Fsp3) is 0.714. The van der Waals surface area contributed by atoms with Crippen molar-refractivity contribution in [3.05, 3.63) is 6.33 Å². The third-order valence-electron chi connectivity index (χ3n) is 1.59. The Hall–Kier alpha value is -0.290. The minimum Gasteiger partial charge on any atom is -0.360 e. The van der Waals surface area contributed by atoms with Crippen LogP contribution in [0.4, 0.5) is 5.13 Å². The summed E-state index contributed by atoms with van der Waals surface area (Å²) in [6, 6.07) is 0. The van der Waals surface area contributed by atoms with Gasteiger partial charge in [0.15, 0.2) is 0 Å². The normalized spacial score (nSPS) is 12.8. The van der Waals surface area contributed by atoms with Crippen LogP contribution < -0.4 is 5.32 Å². The van der Waals surface area contributed by atoms with Crippen molar-refractivity contribution in [3.8, 4) is 0 Å². The van der Waals surface area contributed by atoms with Crippen LogP contribution in [-0.4, -0.2) is 27.4 Å². The SMILES string of the molecule is CSC(C)CCNc1ncns1. The molecule has 0 spiro atoms. The molecular weight excluding hydrogens is 190 g/mol. The molecular formula is C7H13N3S2. The van der Waals surface area contributed by atoms with Gasteiger partial charge >= 0.3 is 0 Å². The van der Waals surface area contributed by atoms with Gasteiger partial charge in [0.1, 0.15) is 6.33 Å². The van der Waals surface area contributed by atoms with E-state index >= 15 is 0 Å². The number of nitrogens with one attached hydrogen (secondary N) is 1. The van der Waals surface area contributed by atoms with Crippen LogP contribution in [0.15, 0.2) is 6.33 Å². The minimum absolute atomic E-state index is 0.713. The van der Waals surface area contributed by atoms with Gasteiger partial charge in [-0.15, -0.1) is 0 Å². The van der Waals surface area contributed by atoms with Crippen molar-refractivity contribution in [1.29, 1.82) is 0 Å². The van der Waals surface area contributed by atoms with Crippen LogP contribution in [0.5, 0.6) is 0 Å². The summed E-state index contributed by atoms with van der Waals surface area (Å²) >= 11 is 3.29. The number of thioether (sulfide) groups is 1. The monoisotopic (exact) mass is 203 g/mol. The molecule has 1 atom stereocenters. The van der Waals surface area contributed by atoms with E-state index in [1.165, 1.54) is 18.0 Å². The van der Waals surface area contributed by atoms with Crippen molar-refractivity contribution in [2.45, 2.75) is 18.6 Å². The van der Waals surface area contributed by atoms with E-state index < -0.39 is 0 Å². The van der Waals surface area contributed by atoms with Gasteiger partial charge in [0.2, 0.25) is 5.13 Å². The highest BCUT2D eigenvalue weighted by Crippen LogP contribution is 2.11. The molecule has 5 heteroatoms. The molecule has 1 rings (SSSR count).